The number of aliphatic hydroxyl groups is 2. The highest BCUT2D eigenvalue weighted by Crippen LogP contribution is 2.51. The topological polar surface area (TPSA) is 169 Å². The van der Waals surface area contributed by atoms with Gasteiger partial charge in [-0.3, -0.25) is 19.3 Å². The molecular weight excluding hydrogens is 727 g/mol. The highest BCUT2D eigenvalue weighted by molar-refractivity contribution is 8.18. The van der Waals surface area contributed by atoms with Gasteiger partial charge in [0.25, 0.3) is 5.91 Å². The van der Waals surface area contributed by atoms with Crippen molar-refractivity contribution in [2.45, 2.75) is 120 Å². The van der Waals surface area contributed by atoms with Gasteiger partial charge in [0.05, 0.1) is 34.8 Å². The molecule has 0 radical (unpaired) electrons. The molecule has 2 aromatic carbocycles. The van der Waals surface area contributed by atoms with Crippen molar-refractivity contribution >= 4 is 47.3 Å². The molecule has 5 atom stereocenters. The Kier molecular flexibility index (Phi) is 15.3. The van der Waals surface area contributed by atoms with Gasteiger partial charge in [-0.1, -0.05) is 94.8 Å². The molecule has 2 aromatic rings. The summed E-state index contributed by atoms with van der Waals surface area (Å²) in [5.74, 6) is 0.187. The number of hydrogen-bond acceptors (Lipinski definition) is 10. The van der Waals surface area contributed by atoms with Crippen molar-refractivity contribution in [2.24, 2.45) is 5.41 Å². The lowest BCUT2D eigenvalue weighted by atomic mass is 9.85. The van der Waals surface area contributed by atoms with Gasteiger partial charge in [-0.2, -0.15) is 0 Å². The van der Waals surface area contributed by atoms with E-state index in [9.17, 15) is 29.4 Å². The number of thioether (sulfide) groups is 2. The molecule has 0 bridgehead atoms. The summed E-state index contributed by atoms with van der Waals surface area (Å²) in [5, 5.41) is 34.6. The lowest BCUT2D eigenvalue weighted by molar-refractivity contribution is -0.137. The number of ether oxygens (including phenoxy) is 1. The van der Waals surface area contributed by atoms with Crippen molar-refractivity contribution in [1.82, 2.24) is 26.2 Å². The van der Waals surface area contributed by atoms with E-state index in [0.717, 1.165) is 29.1 Å². The summed E-state index contributed by atoms with van der Waals surface area (Å²) in [6.45, 7) is 12.9. The second kappa shape index (κ2) is 19.0. The van der Waals surface area contributed by atoms with Crippen LogP contribution >= 0.6 is 23.5 Å². The standard InChI is InChI=1S/C40H59N5O7S2/c1-8-16-28(32(47)35(49)41-24-30(46)43-31(26-17-11-9-12-18-26)27-19-13-10-14-20-27)42-34(48)29-23-40(53-21-15-22-54-40)25-45(29)36(50)33(38(2,3)4)44-37(51)52-39(5,6)7/h9-14,17-20,28-29,31-33,36,47,50H,8,15-16,21-25H2,1-7H3,(H,41,49)(H,42,48)(H,43,46)(H,44,51)/t28?,29?,32?,33?,36-/m1/s1. The van der Waals surface area contributed by atoms with Gasteiger partial charge in [-0.15, -0.1) is 23.5 Å². The molecule has 2 aliphatic heterocycles. The molecular formula is C40H59N5O7S2. The Morgan fingerprint density at radius 2 is 1.46 bits per heavy atom. The maximum atomic E-state index is 14.2. The van der Waals surface area contributed by atoms with Gasteiger partial charge in [-0.25, -0.2) is 4.79 Å². The number of aliphatic hydroxyl groups excluding tert-OH is 2. The van der Waals surface area contributed by atoms with Crippen LogP contribution in [0.3, 0.4) is 0 Å². The zero-order valence-electron chi connectivity index (χ0n) is 32.6. The molecule has 0 saturated carbocycles. The van der Waals surface area contributed by atoms with E-state index in [1.165, 1.54) is 0 Å². The number of nitrogens with one attached hydrogen (secondary N) is 4. The van der Waals surface area contributed by atoms with Crippen LogP contribution in [0, 0.1) is 5.41 Å². The van der Waals surface area contributed by atoms with Crippen molar-refractivity contribution in [3.05, 3.63) is 71.8 Å². The summed E-state index contributed by atoms with van der Waals surface area (Å²) in [6, 6.07) is 16.0. The summed E-state index contributed by atoms with van der Waals surface area (Å²) >= 11 is 3.55. The van der Waals surface area contributed by atoms with Crippen LogP contribution in [0.2, 0.25) is 0 Å². The van der Waals surface area contributed by atoms with E-state index < -0.39 is 71.3 Å². The minimum atomic E-state index is -1.64. The molecule has 0 aromatic heterocycles. The summed E-state index contributed by atoms with van der Waals surface area (Å²) in [5.41, 5.74) is 0.390. The van der Waals surface area contributed by atoms with E-state index in [1.54, 1.807) is 49.2 Å². The Morgan fingerprint density at radius 3 is 1.98 bits per heavy atom. The number of alkyl carbamates (subject to hydrolysis) is 1. The van der Waals surface area contributed by atoms with Gasteiger partial charge in [0.15, 0.2) is 6.10 Å². The third-order valence-corrected chi connectivity index (χ3v) is 12.8. The summed E-state index contributed by atoms with van der Waals surface area (Å²) in [4.78, 5) is 55.4. The maximum Gasteiger partial charge on any atom is 0.408 e. The van der Waals surface area contributed by atoms with Crippen LogP contribution in [0.15, 0.2) is 60.7 Å². The minimum Gasteiger partial charge on any atom is -0.444 e. The van der Waals surface area contributed by atoms with Gasteiger partial charge in [-0.05, 0) is 68.1 Å². The molecule has 4 unspecified atom stereocenters. The Balaban J connectivity index is 1.46. The normalized spacial score (nSPS) is 19.7. The van der Waals surface area contributed by atoms with Crippen LogP contribution in [0.4, 0.5) is 4.79 Å². The van der Waals surface area contributed by atoms with Crippen LogP contribution in [0.5, 0.6) is 0 Å². The number of amides is 4. The lowest BCUT2D eigenvalue weighted by Gasteiger charge is -2.41. The third-order valence-electron chi connectivity index (χ3n) is 9.46. The number of hydrogen-bond donors (Lipinski definition) is 6. The maximum absolute atomic E-state index is 14.2. The van der Waals surface area contributed by atoms with E-state index in [0.29, 0.717) is 25.8 Å². The SMILES string of the molecule is CCCC(NC(=O)C1CC2(CN1[C@H](O)C(NC(=O)OC(C)(C)C)C(C)(C)C)SCCCS2)C(O)C(=O)NCC(=O)NC(c1ccccc1)c1ccccc1. The van der Waals surface area contributed by atoms with Crippen molar-refractivity contribution in [3.63, 3.8) is 0 Å². The Hall–Kier alpha value is -3.30. The average Bonchev–Trinajstić information content (AvgIpc) is 3.49. The number of benzene rings is 2. The Morgan fingerprint density at radius 1 is 0.889 bits per heavy atom. The molecule has 298 valence electrons. The number of carbonyl (C=O) groups excluding carboxylic acids is 4. The first-order valence-electron chi connectivity index (χ1n) is 18.8. The lowest BCUT2D eigenvalue weighted by Crippen LogP contribution is -2.61. The van der Waals surface area contributed by atoms with Gasteiger partial charge in [0.2, 0.25) is 11.8 Å². The first-order valence-corrected chi connectivity index (χ1v) is 20.8. The molecule has 4 amide bonds. The number of likely N-dealkylation sites (tertiary alicyclic amines) is 1. The summed E-state index contributed by atoms with van der Waals surface area (Å²) in [6.07, 6.45) is -1.22. The Bertz CT molecular complexity index is 1510. The van der Waals surface area contributed by atoms with Crippen LogP contribution in [0.25, 0.3) is 0 Å². The fraction of sp³-hybridized carbons (Fsp3) is 0.600. The molecule has 14 heteroatoms. The van der Waals surface area contributed by atoms with Gasteiger partial charge >= 0.3 is 6.09 Å². The molecule has 12 nitrogen and oxygen atoms in total. The monoisotopic (exact) mass is 785 g/mol. The average molecular weight is 786 g/mol. The molecule has 6 N–H and O–H groups in total. The highest BCUT2D eigenvalue weighted by atomic mass is 32.2. The molecule has 54 heavy (non-hydrogen) atoms. The second-order valence-electron chi connectivity index (χ2n) is 16.1. The molecule has 2 saturated heterocycles. The zero-order valence-corrected chi connectivity index (χ0v) is 34.2. The summed E-state index contributed by atoms with van der Waals surface area (Å²) < 4.78 is 5.17. The van der Waals surface area contributed by atoms with Crippen molar-refractivity contribution in [3.8, 4) is 0 Å². The molecule has 0 aliphatic carbocycles. The minimum absolute atomic E-state index is 0.297. The van der Waals surface area contributed by atoms with Gasteiger partial charge in [0.1, 0.15) is 11.8 Å². The van der Waals surface area contributed by atoms with Gasteiger partial charge < -0.3 is 36.2 Å². The molecule has 2 heterocycles. The largest absolute Gasteiger partial charge is 0.444 e. The van der Waals surface area contributed by atoms with Crippen molar-refractivity contribution < 1.29 is 34.1 Å². The predicted molar refractivity (Wildman–Crippen MR) is 215 cm³/mol. The fourth-order valence-electron chi connectivity index (χ4n) is 6.79. The smallest absolute Gasteiger partial charge is 0.408 e. The Labute approximate surface area is 328 Å². The summed E-state index contributed by atoms with van der Waals surface area (Å²) in [7, 11) is 0. The van der Waals surface area contributed by atoms with Crippen LogP contribution in [-0.2, 0) is 19.1 Å². The van der Waals surface area contributed by atoms with Crippen molar-refractivity contribution in [1.29, 1.82) is 0 Å². The van der Waals surface area contributed by atoms with E-state index in [2.05, 4.69) is 21.3 Å². The molecule has 4 rings (SSSR count). The predicted octanol–water partition coefficient (Wildman–Crippen LogP) is 4.55. The highest BCUT2D eigenvalue weighted by Gasteiger charge is 2.53. The molecule has 1 spiro atoms. The zero-order chi connectivity index (χ0) is 39.7. The second-order valence-corrected chi connectivity index (χ2v) is 19.4. The first-order chi connectivity index (χ1) is 25.4. The van der Waals surface area contributed by atoms with E-state index >= 15 is 0 Å². The number of rotatable bonds is 14. The first kappa shape index (κ1) is 43.4. The molecule has 2 fully saturated rings. The van der Waals surface area contributed by atoms with Crippen LogP contribution in [-0.4, -0.2) is 104 Å². The van der Waals surface area contributed by atoms with E-state index in [-0.39, 0.29) is 10.6 Å². The van der Waals surface area contributed by atoms with E-state index in [1.807, 2.05) is 88.4 Å². The fourth-order valence-corrected chi connectivity index (χ4v) is 10.2. The molecule has 2 aliphatic rings. The van der Waals surface area contributed by atoms with Crippen LogP contribution in [0.1, 0.15) is 91.3 Å². The van der Waals surface area contributed by atoms with Gasteiger partial charge in [0, 0.05) is 6.54 Å². The number of carbonyl (C=O) groups is 4. The number of nitrogens with zero attached hydrogens (tertiary/aromatic N) is 1. The quantitative estimate of drug-likeness (QED) is 0.160. The third kappa shape index (κ3) is 12.1. The van der Waals surface area contributed by atoms with Crippen LogP contribution < -0.4 is 21.3 Å². The van der Waals surface area contributed by atoms with E-state index in [4.69, 9.17) is 4.74 Å². The van der Waals surface area contributed by atoms with Crippen molar-refractivity contribution in [2.75, 3.05) is 24.6 Å².